The topological polar surface area (TPSA) is 75.4 Å². The van der Waals surface area contributed by atoms with Crippen LogP contribution in [0.15, 0.2) is 18.2 Å². The average Bonchev–Trinajstić information content (AvgIpc) is 2.30. The van der Waals surface area contributed by atoms with E-state index in [0.29, 0.717) is 0 Å². The molecule has 1 unspecified atom stereocenters. The van der Waals surface area contributed by atoms with E-state index in [-0.39, 0.29) is 29.4 Å². The molecule has 0 radical (unpaired) electrons. The molecule has 2 N–H and O–H groups in total. The maximum Gasteiger partial charge on any atom is 0.275 e. The summed E-state index contributed by atoms with van der Waals surface area (Å²) in [6.07, 6.45) is -4.68. The standard InChI is InChI=1S/C10H11ClF2N2O3/c11-7-2-1-3-8(15(17)18)6(7)4-14-5-9(16)10(12)13/h1-3,9-10,14,16H,4-5H2. The van der Waals surface area contributed by atoms with Crippen molar-refractivity contribution in [3.63, 3.8) is 0 Å². The van der Waals surface area contributed by atoms with Gasteiger partial charge in [0, 0.05) is 19.2 Å². The summed E-state index contributed by atoms with van der Waals surface area (Å²) in [6, 6.07) is 4.17. The number of hydrogen-bond acceptors (Lipinski definition) is 4. The number of aliphatic hydroxyl groups excluding tert-OH is 1. The molecule has 0 saturated carbocycles. The molecule has 0 aromatic heterocycles. The van der Waals surface area contributed by atoms with Crippen molar-refractivity contribution in [2.75, 3.05) is 6.54 Å². The molecule has 0 saturated heterocycles. The number of nitrogens with zero attached hydrogens (tertiary/aromatic N) is 1. The Hall–Kier alpha value is -1.31. The van der Waals surface area contributed by atoms with E-state index in [9.17, 15) is 18.9 Å². The Bertz CT molecular complexity index is 432. The van der Waals surface area contributed by atoms with Gasteiger partial charge in [0.2, 0.25) is 0 Å². The Morgan fingerprint density at radius 3 is 2.72 bits per heavy atom. The molecule has 5 nitrogen and oxygen atoms in total. The van der Waals surface area contributed by atoms with Gasteiger partial charge in [-0.15, -0.1) is 0 Å². The Kier molecular flexibility index (Phi) is 5.39. The van der Waals surface area contributed by atoms with Crippen LogP contribution in [-0.2, 0) is 6.54 Å². The first-order valence-electron chi connectivity index (χ1n) is 5.02. The second-order valence-electron chi connectivity index (χ2n) is 3.53. The lowest BCUT2D eigenvalue weighted by molar-refractivity contribution is -0.385. The lowest BCUT2D eigenvalue weighted by Crippen LogP contribution is -2.31. The molecular formula is C10H11ClF2N2O3. The van der Waals surface area contributed by atoms with E-state index in [4.69, 9.17) is 16.7 Å². The van der Waals surface area contributed by atoms with Gasteiger partial charge < -0.3 is 10.4 Å². The van der Waals surface area contributed by atoms with E-state index in [0.717, 1.165) is 0 Å². The first kappa shape index (κ1) is 14.7. The van der Waals surface area contributed by atoms with Gasteiger partial charge in [-0.25, -0.2) is 8.78 Å². The molecule has 18 heavy (non-hydrogen) atoms. The molecule has 8 heteroatoms. The molecule has 1 aromatic carbocycles. The highest BCUT2D eigenvalue weighted by Gasteiger charge is 2.19. The first-order valence-corrected chi connectivity index (χ1v) is 5.40. The number of benzene rings is 1. The van der Waals surface area contributed by atoms with Gasteiger partial charge in [0.15, 0.2) is 0 Å². The van der Waals surface area contributed by atoms with Gasteiger partial charge in [-0.1, -0.05) is 17.7 Å². The summed E-state index contributed by atoms with van der Waals surface area (Å²) in [5, 5.41) is 22.3. The molecule has 1 aromatic rings. The van der Waals surface area contributed by atoms with Crippen LogP contribution in [0.4, 0.5) is 14.5 Å². The van der Waals surface area contributed by atoms with Crippen LogP contribution in [-0.4, -0.2) is 29.1 Å². The lowest BCUT2D eigenvalue weighted by Gasteiger charge is -2.11. The van der Waals surface area contributed by atoms with Crippen molar-refractivity contribution in [3.8, 4) is 0 Å². The zero-order valence-electron chi connectivity index (χ0n) is 9.15. The van der Waals surface area contributed by atoms with E-state index < -0.39 is 17.5 Å². The SMILES string of the molecule is O=[N+]([O-])c1cccc(Cl)c1CNCC(O)C(F)F. The summed E-state index contributed by atoms with van der Waals surface area (Å²) >= 11 is 5.80. The summed E-state index contributed by atoms with van der Waals surface area (Å²) < 4.78 is 24.0. The number of halogens is 3. The van der Waals surface area contributed by atoms with Gasteiger partial charge in [-0.2, -0.15) is 0 Å². The minimum Gasteiger partial charge on any atom is -0.386 e. The zero-order chi connectivity index (χ0) is 13.7. The number of rotatable bonds is 6. The Morgan fingerprint density at radius 1 is 1.50 bits per heavy atom. The van der Waals surface area contributed by atoms with Crippen LogP contribution in [0, 0.1) is 10.1 Å². The third kappa shape index (κ3) is 3.86. The molecule has 0 fully saturated rings. The summed E-state index contributed by atoms with van der Waals surface area (Å²) in [5.41, 5.74) is 0.00664. The van der Waals surface area contributed by atoms with Crippen LogP contribution >= 0.6 is 11.6 Å². The quantitative estimate of drug-likeness (QED) is 0.617. The smallest absolute Gasteiger partial charge is 0.275 e. The molecule has 0 aliphatic rings. The number of nitrogens with one attached hydrogen (secondary N) is 1. The monoisotopic (exact) mass is 280 g/mol. The highest BCUT2D eigenvalue weighted by atomic mass is 35.5. The third-order valence-electron chi connectivity index (χ3n) is 2.24. The van der Waals surface area contributed by atoms with Crippen LogP contribution < -0.4 is 5.32 Å². The summed E-state index contributed by atoms with van der Waals surface area (Å²) in [6.45, 7) is -0.445. The number of nitro benzene ring substituents is 1. The van der Waals surface area contributed by atoms with Crippen molar-refractivity contribution in [2.45, 2.75) is 19.1 Å². The van der Waals surface area contributed by atoms with Crippen molar-refractivity contribution in [3.05, 3.63) is 38.9 Å². The summed E-state index contributed by atoms with van der Waals surface area (Å²) in [7, 11) is 0. The molecule has 0 heterocycles. The molecular weight excluding hydrogens is 270 g/mol. The van der Waals surface area contributed by atoms with Crippen LogP contribution in [0.1, 0.15) is 5.56 Å². The predicted octanol–water partition coefficient (Wildman–Crippen LogP) is 1.96. The van der Waals surface area contributed by atoms with E-state index >= 15 is 0 Å². The number of hydrogen-bond donors (Lipinski definition) is 2. The van der Waals surface area contributed by atoms with Crippen LogP contribution in [0.3, 0.4) is 0 Å². The number of aliphatic hydroxyl groups is 1. The van der Waals surface area contributed by atoms with Gasteiger partial charge in [0.25, 0.3) is 12.1 Å². The van der Waals surface area contributed by atoms with Crippen molar-refractivity contribution in [1.29, 1.82) is 0 Å². The molecule has 1 atom stereocenters. The van der Waals surface area contributed by atoms with Gasteiger partial charge in [-0.3, -0.25) is 10.1 Å². The largest absolute Gasteiger partial charge is 0.386 e. The third-order valence-corrected chi connectivity index (χ3v) is 2.59. The van der Waals surface area contributed by atoms with Crippen LogP contribution in [0.25, 0.3) is 0 Å². The number of nitro groups is 1. The molecule has 100 valence electrons. The second-order valence-corrected chi connectivity index (χ2v) is 3.93. The molecule has 1 rings (SSSR count). The van der Waals surface area contributed by atoms with Crippen molar-refractivity contribution >= 4 is 17.3 Å². The fourth-order valence-electron chi connectivity index (χ4n) is 1.33. The summed E-state index contributed by atoms with van der Waals surface area (Å²) in [5.74, 6) is 0. The molecule has 0 amide bonds. The Labute approximate surface area is 107 Å². The van der Waals surface area contributed by atoms with Crippen molar-refractivity contribution in [1.82, 2.24) is 5.32 Å². The highest BCUT2D eigenvalue weighted by Crippen LogP contribution is 2.25. The molecule has 0 spiro atoms. The van der Waals surface area contributed by atoms with E-state index in [2.05, 4.69) is 5.32 Å². The molecule has 0 aliphatic heterocycles. The maximum absolute atomic E-state index is 12.0. The van der Waals surface area contributed by atoms with Gasteiger partial charge in [0.05, 0.1) is 15.5 Å². The second kappa shape index (κ2) is 6.58. The summed E-state index contributed by atoms with van der Waals surface area (Å²) in [4.78, 5) is 10.1. The normalized spacial score (nSPS) is 12.7. The predicted molar refractivity (Wildman–Crippen MR) is 61.8 cm³/mol. The minimum atomic E-state index is -2.86. The van der Waals surface area contributed by atoms with Crippen molar-refractivity contribution in [2.24, 2.45) is 0 Å². The van der Waals surface area contributed by atoms with Crippen LogP contribution in [0.5, 0.6) is 0 Å². The fourth-order valence-corrected chi connectivity index (χ4v) is 1.56. The molecule has 0 bridgehead atoms. The zero-order valence-corrected chi connectivity index (χ0v) is 9.90. The average molecular weight is 281 g/mol. The van der Waals surface area contributed by atoms with E-state index in [1.807, 2.05) is 0 Å². The lowest BCUT2D eigenvalue weighted by atomic mass is 10.1. The Balaban J connectivity index is 2.70. The van der Waals surface area contributed by atoms with E-state index in [1.54, 1.807) is 0 Å². The van der Waals surface area contributed by atoms with Crippen molar-refractivity contribution < 1.29 is 18.8 Å². The first-order chi connectivity index (χ1) is 8.43. The van der Waals surface area contributed by atoms with E-state index in [1.165, 1.54) is 18.2 Å². The molecule has 0 aliphatic carbocycles. The maximum atomic E-state index is 12.0. The fraction of sp³-hybridized carbons (Fsp3) is 0.400. The Morgan fingerprint density at radius 2 is 2.17 bits per heavy atom. The highest BCUT2D eigenvalue weighted by molar-refractivity contribution is 6.31. The van der Waals surface area contributed by atoms with Gasteiger partial charge in [0.1, 0.15) is 6.10 Å². The number of alkyl halides is 2. The minimum absolute atomic E-state index is 0.0697. The van der Waals surface area contributed by atoms with Crippen LogP contribution in [0.2, 0.25) is 5.02 Å². The van der Waals surface area contributed by atoms with Gasteiger partial charge in [-0.05, 0) is 6.07 Å². The van der Waals surface area contributed by atoms with Gasteiger partial charge >= 0.3 is 0 Å².